The molecule has 1 amide bonds. The maximum absolute atomic E-state index is 13.4. The molecule has 0 atom stereocenters. The minimum atomic E-state index is -3.65. The zero-order chi connectivity index (χ0) is 21.0. The van der Waals surface area contributed by atoms with Crippen molar-refractivity contribution in [2.24, 2.45) is 0 Å². The first-order chi connectivity index (χ1) is 13.9. The normalized spacial score (nSPS) is 16.7. The van der Waals surface area contributed by atoms with Crippen LogP contribution in [0.2, 0.25) is 0 Å². The van der Waals surface area contributed by atoms with Gasteiger partial charge in [-0.15, -0.1) is 0 Å². The first-order valence-corrected chi connectivity index (χ1v) is 11.7. The number of amides is 1. The maximum Gasteiger partial charge on any atom is 0.245 e. The van der Waals surface area contributed by atoms with Crippen molar-refractivity contribution in [2.45, 2.75) is 32.1 Å². The molecule has 1 aliphatic rings. The monoisotopic (exact) mass is 418 g/mol. The fourth-order valence-electron chi connectivity index (χ4n) is 3.80. The van der Waals surface area contributed by atoms with Crippen LogP contribution in [0, 0.1) is 6.92 Å². The Balaban J connectivity index is 1.77. The van der Waals surface area contributed by atoms with E-state index in [2.05, 4.69) is 9.88 Å². The molecule has 158 valence electrons. The number of nitrogens with zero attached hydrogens (tertiary/aromatic N) is 4. The van der Waals surface area contributed by atoms with Crippen molar-refractivity contribution in [3.63, 3.8) is 0 Å². The summed E-state index contributed by atoms with van der Waals surface area (Å²) < 4.78 is 28.3. The SMILES string of the molecule is CCN(CC)C(=O)CN1CCCN(S(=O)(=O)c2cccc3cc(C)cnc23)CC1. The molecule has 2 heterocycles. The molecule has 0 bridgehead atoms. The van der Waals surface area contributed by atoms with E-state index in [0.717, 1.165) is 10.9 Å². The Bertz CT molecular complexity index is 973. The van der Waals surface area contributed by atoms with Gasteiger partial charge in [-0.3, -0.25) is 14.7 Å². The van der Waals surface area contributed by atoms with E-state index in [1.54, 1.807) is 18.3 Å². The summed E-state index contributed by atoms with van der Waals surface area (Å²) in [5.74, 6) is 0.0972. The third-order valence-corrected chi connectivity index (χ3v) is 7.38. The summed E-state index contributed by atoms with van der Waals surface area (Å²) in [5.41, 5.74) is 1.51. The van der Waals surface area contributed by atoms with E-state index < -0.39 is 10.0 Å². The number of aromatic nitrogens is 1. The highest BCUT2D eigenvalue weighted by molar-refractivity contribution is 7.89. The highest BCUT2D eigenvalue weighted by Gasteiger charge is 2.29. The second-order valence-electron chi connectivity index (χ2n) is 7.44. The fraction of sp³-hybridized carbons (Fsp3) is 0.524. The van der Waals surface area contributed by atoms with E-state index in [-0.39, 0.29) is 10.8 Å². The number of benzene rings is 1. The average molecular weight is 419 g/mol. The van der Waals surface area contributed by atoms with Gasteiger partial charge in [0.2, 0.25) is 15.9 Å². The Hall–Kier alpha value is -2.03. The van der Waals surface area contributed by atoms with E-state index in [9.17, 15) is 13.2 Å². The van der Waals surface area contributed by atoms with Gasteiger partial charge in [0, 0.05) is 44.3 Å². The van der Waals surface area contributed by atoms with Gasteiger partial charge in [-0.05, 0) is 51.4 Å². The Morgan fingerprint density at radius 2 is 1.90 bits per heavy atom. The Kier molecular flexibility index (Phi) is 6.87. The average Bonchev–Trinajstić information content (AvgIpc) is 2.94. The van der Waals surface area contributed by atoms with Gasteiger partial charge < -0.3 is 4.90 Å². The van der Waals surface area contributed by atoms with Gasteiger partial charge >= 0.3 is 0 Å². The van der Waals surface area contributed by atoms with Crippen molar-refractivity contribution in [2.75, 3.05) is 45.8 Å². The molecular weight excluding hydrogens is 388 g/mol. The van der Waals surface area contributed by atoms with E-state index in [4.69, 9.17) is 0 Å². The number of hydrogen-bond acceptors (Lipinski definition) is 5. The number of pyridine rings is 1. The van der Waals surface area contributed by atoms with Gasteiger partial charge in [0.25, 0.3) is 0 Å². The van der Waals surface area contributed by atoms with Crippen LogP contribution in [0.25, 0.3) is 10.9 Å². The number of hydrogen-bond donors (Lipinski definition) is 0. The lowest BCUT2D eigenvalue weighted by molar-refractivity contribution is -0.132. The van der Waals surface area contributed by atoms with Crippen LogP contribution in [0.15, 0.2) is 35.4 Å². The minimum Gasteiger partial charge on any atom is -0.342 e. The molecule has 0 aliphatic carbocycles. The lowest BCUT2D eigenvalue weighted by Crippen LogP contribution is -2.42. The van der Waals surface area contributed by atoms with Crippen molar-refractivity contribution in [3.8, 4) is 0 Å². The van der Waals surface area contributed by atoms with E-state index in [1.165, 1.54) is 4.31 Å². The van der Waals surface area contributed by atoms with E-state index >= 15 is 0 Å². The number of para-hydroxylation sites is 1. The lowest BCUT2D eigenvalue weighted by Gasteiger charge is -2.25. The van der Waals surface area contributed by atoms with Gasteiger partial charge in [-0.25, -0.2) is 8.42 Å². The summed E-state index contributed by atoms with van der Waals surface area (Å²) in [5, 5.41) is 0.826. The van der Waals surface area contributed by atoms with Crippen LogP contribution in [-0.2, 0) is 14.8 Å². The van der Waals surface area contributed by atoms with Gasteiger partial charge in [0.1, 0.15) is 4.90 Å². The molecule has 1 aliphatic heterocycles. The minimum absolute atomic E-state index is 0.0972. The summed E-state index contributed by atoms with van der Waals surface area (Å²) in [6, 6.07) is 7.23. The number of likely N-dealkylation sites (N-methyl/N-ethyl adjacent to an activating group) is 1. The molecule has 8 heteroatoms. The molecule has 0 unspecified atom stereocenters. The van der Waals surface area contributed by atoms with Crippen molar-refractivity contribution in [1.82, 2.24) is 19.1 Å². The van der Waals surface area contributed by atoms with Crippen LogP contribution < -0.4 is 0 Å². The van der Waals surface area contributed by atoms with Crippen molar-refractivity contribution < 1.29 is 13.2 Å². The molecule has 0 spiro atoms. The van der Waals surface area contributed by atoms with Gasteiger partial charge in [-0.2, -0.15) is 4.31 Å². The van der Waals surface area contributed by atoms with Gasteiger partial charge in [0.05, 0.1) is 12.1 Å². The first-order valence-electron chi connectivity index (χ1n) is 10.2. The van der Waals surface area contributed by atoms with Crippen molar-refractivity contribution >= 4 is 26.8 Å². The van der Waals surface area contributed by atoms with Crippen molar-refractivity contribution in [3.05, 3.63) is 36.0 Å². The molecular formula is C21H30N4O3S. The molecule has 29 heavy (non-hydrogen) atoms. The predicted octanol–water partition coefficient (Wildman–Crippen LogP) is 2.11. The Morgan fingerprint density at radius 1 is 1.14 bits per heavy atom. The quantitative estimate of drug-likeness (QED) is 0.718. The van der Waals surface area contributed by atoms with Crippen molar-refractivity contribution in [1.29, 1.82) is 0 Å². The number of carbonyl (C=O) groups excluding carboxylic acids is 1. The second-order valence-corrected chi connectivity index (χ2v) is 9.35. The number of fused-ring (bicyclic) bond motifs is 1. The molecule has 3 rings (SSSR count). The predicted molar refractivity (Wildman–Crippen MR) is 114 cm³/mol. The fourth-order valence-corrected chi connectivity index (χ4v) is 5.44. The molecule has 1 fully saturated rings. The Morgan fingerprint density at radius 3 is 2.62 bits per heavy atom. The largest absolute Gasteiger partial charge is 0.342 e. The van der Waals surface area contributed by atoms with Gasteiger partial charge in [0.15, 0.2) is 0 Å². The zero-order valence-electron chi connectivity index (χ0n) is 17.5. The van der Waals surface area contributed by atoms with E-state index in [0.29, 0.717) is 57.8 Å². The summed E-state index contributed by atoms with van der Waals surface area (Å²) in [6.45, 7) is 9.68. The number of rotatable bonds is 6. The molecule has 1 saturated heterocycles. The molecule has 0 N–H and O–H groups in total. The summed E-state index contributed by atoms with van der Waals surface area (Å²) in [6.07, 6.45) is 2.40. The molecule has 0 saturated carbocycles. The third-order valence-electron chi connectivity index (χ3n) is 5.45. The van der Waals surface area contributed by atoms with Crippen LogP contribution in [0.3, 0.4) is 0 Å². The van der Waals surface area contributed by atoms with Crippen LogP contribution in [0.4, 0.5) is 0 Å². The van der Waals surface area contributed by atoms with Gasteiger partial charge in [-0.1, -0.05) is 12.1 Å². The zero-order valence-corrected chi connectivity index (χ0v) is 18.3. The molecule has 7 nitrogen and oxygen atoms in total. The summed E-state index contributed by atoms with van der Waals surface area (Å²) >= 11 is 0. The second kappa shape index (κ2) is 9.19. The van der Waals surface area contributed by atoms with Crippen LogP contribution in [0.5, 0.6) is 0 Å². The van der Waals surface area contributed by atoms with E-state index in [1.807, 2.05) is 37.8 Å². The number of sulfonamides is 1. The maximum atomic E-state index is 13.4. The standard InChI is InChI=1S/C21H30N4O3S/c1-4-24(5-2)20(26)16-23-10-7-11-25(13-12-23)29(27,28)19-9-6-8-18-14-17(3)15-22-21(18)19/h6,8-9,14-15H,4-5,7,10-13,16H2,1-3H3. The summed E-state index contributed by atoms with van der Waals surface area (Å²) in [4.78, 5) is 20.9. The molecule has 1 aromatic carbocycles. The third kappa shape index (κ3) is 4.76. The highest BCUT2D eigenvalue weighted by Crippen LogP contribution is 2.25. The highest BCUT2D eigenvalue weighted by atomic mass is 32.2. The van der Waals surface area contributed by atoms with Crippen LogP contribution in [-0.4, -0.2) is 79.2 Å². The van der Waals surface area contributed by atoms with Crippen LogP contribution in [0.1, 0.15) is 25.8 Å². The number of aryl methyl sites for hydroxylation is 1. The summed E-state index contributed by atoms with van der Waals surface area (Å²) in [7, 11) is -3.65. The lowest BCUT2D eigenvalue weighted by atomic mass is 10.2. The topological polar surface area (TPSA) is 73.8 Å². The molecule has 1 aromatic heterocycles. The number of carbonyl (C=O) groups is 1. The Labute approximate surface area is 173 Å². The molecule has 0 radical (unpaired) electrons. The molecule has 2 aromatic rings. The smallest absolute Gasteiger partial charge is 0.245 e. The first kappa shape index (κ1) is 21.7. The van der Waals surface area contributed by atoms with Crippen LogP contribution >= 0.6 is 0 Å².